The molecule has 24 heavy (non-hydrogen) atoms. The van der Waals surface area contributed by atoms with Crippen LogP contribution in [0.2, 0.25) is 0 Å². The molecule has 0 aliphatic carbocycles. The van der Waals surface area contributed by atoms with Gasteiger partial charge >= 0.3 is 0 Å². The average molecular weight is 350 g/mol. The van der Waals surface area contributed by atoms with Gasteiger partial charge in [-0.2, -0.15) is 0 Å². The number of nitrogens with zero attached hydrogens (tertiary/aromatic N) is 1. The molecule has 2 rings (SSSR count). The Labute approximate surface area is 141 Å². The van der Waals surface area contributed by atoms with Gasteiger partial charge < -0.3 is 4.90 Å². The first-order valence-corrected chi connectivity index (χ1v) is 9.03. The molecule has 128 valence electrons. The van der Waals surface area contributed by atoms with Crippen LogP contribution in [0.3, 0.4) is 0 Å². The number of anilines is 1. The first-order valence-electron chi connectivity index (χ1n) is 7.55. The van der Waals surface area contributed by atoms with Gasteiger partial charge in [-0.3, -0.25) is 9.52 Å². The van der Waals surface area contributed by atoms with E-state index in [9.17, 15) is 17.6 Å². The fraction of sp³-hybridized carbons (Fsp3) is 0.235. The molecule has 5 nitrogen and oxygen atoms in total. The Morgan fingerprint density at radius 3 is 2.04 bits per heavy atom. The fourth-order valence-corrected chi connectivity index (χ4v) is 3.26. The second kappa shape index (κ2) is 7.44. The van der Waals surface area contributed by atoms with Gasteiger partial charge in [-0.1, -0.05) is 0 Å². The summed E-state index contributed by atoms with van der Waals surface area (Å²) in [5.74, 6) is -0.590. The Balaban J connectivity index is 2.19. The molecule has 0 aliphatic rings. The van der Waals surface area contributed by atoms with E-state index in [4.69, 9.17) is 0 Å². The molecule has 0 unspecified atom stereocenters. The number of hydrogen-bond acceptors (Lipinski definition) is 3. The summed E-state index contributed by atoms with van der Waals surface area (Å²) in [6.07, 6.45) is 0. The van der Waals surface area contributed by atoms with Crippen molar-refractivity contribution >= 4 is 21.6 Å². The molecule has 0 bridgehead atoms. The number of sulfonamides is 1. The van der Waals surface area contributed by atoms with Crippen molar-refractivity contribution in [2.45, 2.75) is 18.7 Å². The zero-order valence-electron chi connectivity index (χ0n) is 13.5. The van der Waals surface area contributed by atoms with Gasteiger partial charge in [0.05, 0.1) is 4.90 Å². The molecule has 2 aromatic rings. The molecule has 0 saturated carbocycles. The molecule has 0 fully saturated rings. The Morgan fingerprint density at radius 2 is 1.54 bits per heavy atom. The van der Waals surface area contributed by atoms with Gasteiger partial charge in [-0.25, -0.2) is 12.8 Å². The number of nitrogens with one attached hydrogen (secondary N) is 1. The van der Waals surface area contributed by atoms with Gasteiger partial charge in [0.2, 0.25) is 0 Å². The van der Waals surface area contributed by atoms with Crippen molar-refractivity contribution in [3.63, 3.8) is 0 Å². The van der Waals surface area contributed by atoms with Crippen molar-refractivity contribution in [1.82, 2.24) is 4.90 Å². The van der Waals surface area contributed by atoms with Crippen LogP contribution in [0, 0.1) is 5.82 Å². The van der Waals surface area contributed by atoms with Crippen molar-refractivity contribution in [3.05, 3.63) is 59.9 Å². The SMILES string of the molecule is CCN(CC)C(=O)c1ccc(S(=O)(=O)Nc2ccc(F)cc2)cc1. The lowest BCUT2D eigenvalue weighted by molar-refractivity contribution is 0.0773. The van der Waals surface area contributed by atoms with Gasteiger partial charge in [-0.15, -0.1) is 0 Å². The molecule has 0 heterocycles. The minimum absolute atomic E-state index is 0.0305. The van der Waals surface area contributed by atoms with Gasteiger partial charge in [0.25, 0.3) is 15.9 Å². The fourth-order valence-electron chi connectivity index (χ4n) is 2.20. The highest BCUT2D eigenvalue weighted by Crippen LogP contribution is 2.17. The molecular formula is C17H19FN2O3S. The van der Waals surface area contributed by atoms with E-state index in [-0.39, 0.29) is 16.5 Å². The molecule has 1 amide bonds. The first-order chi connectivity index (χ1) is 11.4. The lowest BCUT2D eigenvalue weighted by Gasteiger charge is -2.18. The quantitative estimate of drug-likeness (QED) is 0.870. The molecule has 7 heteroatoms. The standard InChI is InChI=1S/C17H19FN2O3S/c1-3-20(4-2)17(21)13-5-11-16(12-6-13)24(22,23)19-15-9-7-14(18)8-10-15/h5-12,19H,3-4H2,1-2H3. The predicted octanol–water partition coefficient (Wildman–Crippen LogP) is 3.11. The third-order valence-electron chi connectivity index (χ3n) is 3.56. The third kappa shape index (κ3) is 4.11. The first kappa shape index (κ1) is 17.9. The van der Waals surface area contributed by atoms with Crippen LogP contribution in [-0.2, 0) is 10.0 Å². The lowest BCUT2D eigenvalue weighted by Crippen LogP contribution is -2.30. The van der Waals surface area contributed by atoms with E-state index >= 15 is 0 Å². The zero-order chi connectivity index (χ0) is 17.7. The topological polar surface area (TPSA) is 66.5 Å². The summed E-state index contributed by atoms with van der Waals surface area (Å²) >= 11 is 0. The molecule has 0 spiro atoms. The van der Waals surface area contributed by atoms with Crippen LogP contribution in [-0.4, -0.2) is 32.3 Å². The number of carbonyl (C=O) groups is 1. The van der Waals surface area contributed by atoms with E-state index in [0.29, 0.717) is 18.7 Å². The van der Waals surface area contributed by atoms with Crippen molar-refractivity contribution in [1.29, 1.82) is 0 Å². The number of amides is 1. The number of rotatable bonds is 6. The predicted molar refractivity (Wildman–Crippen MR) is 90.9 cm³/mol. The van der Waals surface area contributed by atoms with Crippen LogP contribution in [0.1, 0.15) is 24.2 Å². The highest BCUT2D eigenvalue weighted by Gasteiger charge is 2.17. The maximum atomic E-state index is 12.9. The average Bonchev–Trinajstić information content (AvgIpc) is 2.58. The molecule has 0 aliphatic heterocycles. The highest BCUT2D eigenvalue weighted by molar-refractivity contribution is 7.92. The van der Waals surface area contributed by atoms with Crippen LogP contribution >= 0.6 is 0 Å². The van der Waals surface area contributed by atoms with E-state index < -0.39 is 15.8 Å². The van der Waals surface area contributed by atoms with Crippen LogP contribution in [0.5, 0.6) is 0 Å². The third-order valence-corrected chi connectivity index (χ3v) is 4.96. The number of halogens is 1. The molecule has 0 atom stereocenters. The summed E-state index contributed by atoms with van der Waals surface area (Å²) in [4.78, 5) is 13.9. The van der Waals surface area contributed by atoms with Gasteiger partial charge in [0, 0.05) is 24.3 Å². The summed E-state index contributed by atoms with van der Waals surface area (Å²) in [5.41, 5.74) is 0.694. The second-order valence-electron chi connectivity index (χ2n) is 5.11. The summed E-state index contributed by atoms with van der Waals surface area (Å²) in [6, 6.07) is 10.7. The molecule has 0 aromatic heterocycles. The number of carbonyl (C=O) groups excluding carboxylic acids is 1. The number of benzene rings is 2. The Bertz CT molecular complexity index is 799. The molecule has 1 N–H and O–H groups in total. The zero-order valence-corrected chi connectivity index (χ0v) is 14.3. The van der Waals surface area contributed by atoms with Crippen molar-refractivity contribution in [2.75, 3.05) is 17.8 Å². The molecule has 0 saturated heterocycles. The number of hydrogen-bond donors (Lipinski definition) is 1. The van der Waals surface area contributed by atoms with Gasteiger partial charge in [0.15, 0.2) is 0 Å². The normalized spacial score (nSPS) is 11.1. The van der Waals surface area contributed by atoms with Crippen LogP contribution in [0.25, 0.3) is 0 Å². The maximum Gasteiger partial charge on any atom is 0.261 e. The smallest absolute Gasteiger partial charge is 0.261 e. The monoisotopic (exact) mass is 350 g/mol. The Hall–Kier alpha value is -2.41. The Kier molecular flexibility index (Phi) is 5.56. The van der Waals surface area contributed by atoms with Crippen LogP contribution < -0.4 is 4.72 Å². The van der Waals surface area contributed by atoms with E-state index in [1.54, 1.807) is 4.90 Å². The largest absolute Gasteiger partial charge is 0.339 e. The summed E-state index contributed by atoms with van der Waals surface area (Å²) in [7, 11) is -3.80. The van der Waals surface area contributed by atoms with Gasteiger partial charge in [0.1, 0.15) is 5.82 Å². The minimum Gasteiger partial charge on any atom is -0.339 e. The van der Waals surface area contributed by atoms with Crippen molar-refractivity contribution < 1.29 is 17.6 Å². The molecular weight excluding hydrogens is 331 g/mol. The molecule has 0 radical (unpaired) electrons. The van der Waals surface area contributed by atoms with E-state index in [2.05, 4.69) is 4.72 Å². The van der Waals surface area contributed by atoms with E-state index in [0.717, 1.165) is 0 Å². The lowest BCUT2D eigenvalue weighted by atomic mass is 10.2. The van der Waals surface area contributed by atoms with Crippen molar-refractivity contribution in [3.8, 4) is 0 Å². The van der Waals surface area contributed by atoms with Crippen LogP contribution in [0.4, 0.5) is 10.1 Å². The second-order valence-corrected chi connectivity index (χ2v) is 6.80. The minimum atomic E-state index is -3.80. The van der Waals surface area contributed by atoms with Crippen molar-refractivity contribution in [2.24, 2.45) is 0 Å². The van der Waals surface area contributed by atoms with E-state index in [1.807, 2.05) is 13.8 Å². The molecule has 2 aromatic carbocycles. The van der Waals surface area contributed by atoms with E-state index in [1.165, 1.54) is 48.5 Å². The summed E-state index contributed by atoms with van der Waals surface area (Å²) < 4.78 is 39.9. The summed E-state index contributed by atoms with van der Waals surface area (Å²) in [5, 5.41) is 0. The van der Waals surface area contributed by atoms with Gasteiger partial charge in [-0.05, 0) is 62.4 Å². The Morgan fingerprint density at radius 1 is 1.00 bits per heavy atom. The van der Waals surface area contributed by atoms with Crippen LogP contribution in [0.15, 0.2) is 53.4 Å². The maximum absolute atomic E-state index is 12.9. The highest BCUT2D eigenvalue weighted by atomic mass is 32.2. The summed E-state index contributed by atoms with van der Waals surface area (Å²) in [6.45, 7) is 4.93.